The van der Waals surface area contributed by atoms with Crippen LogP contribution in [0.25, 0.3) is 0 Å². The lowest BCUT2D eigenvalue weighted by atomic mass is 10.2. The molecule has 0 atom stereocenters. The Labute approximate surface area is 163 Å². The van der Waals surface area contributed by atoms with Crippen molar-refractivity contribution in [2.24, 2.45) is 0 Å². The number of aromatic nitrogens is 2. The van der Waals surface area contributed by atoms with Crippen LogP contribution in [0.1, 0.15) is 10.4 Å². The Balaban J connectivity index is 1.53. The summed E-state index contributed by atoms with van der Waals surface area (Å²) in [6.45, 7) is 0. The molecule has 0 aliphatic carbocycles. The van der Waals surface area contributed by atoms with Gasteiger partial charge in [-0.15, -0.1) is 10.2 Å². The van der Waals surface area contributed by atoms with Crippen molar-refractivity contribution < 1.29 is 18.4 Å². The molecule has 2 amide bonds. The molecule has 1 heterocycles. The van der Waals surface area contributed by atoms with E-state index in [-0.39, 0.29) is 22.8 Å². The second-order valence-electron chi connectivity index (χ2n) is 5.51. The quantitative estimate of drug-likeness (QED) is 0.616. The van der Waals surface area contributed by atoms with E-state index in [0.717, 1.165) is 11.8 Å². The maximum absolute atomic E-state index is 13.6. The molecular formula is C19H14F2N4O2S. The van der Waals surface area contributed by atoms with Gasteiger partial charge in [0.25, 0.3) is 5.91 Å². The highest BCUT2D eigenvalue weighted by atomic mass is 32.2. The van der Waals surface area contributed by atoms with Crippen LogP contribution in [-0.2, 0) is 4.79 Å². The lowest BCUT2D eigenvalue weighted by Gasteiger charge is -2.07. The molecule has 0 saturated heterocycles. The molecule has 0 radical (unpaired) electrons. The molecule has 142 valence electrons. The molecule has 0 spiro atoms. The molecule has 28 heavy (non-hydrogen) atoms. The summed E-state index contributed by atoms with van der Waals surface area (Å²) in [4.78, 5) is 23.9. The molecule has 0 fully saturated rings. The Morgan fingerprint density at radius 1 is 0.857 bits per heavy atom. The van der Waals surface area contributed by atoms with Gasteiger partial charge in [-0.1, -0.05) is 36.0 Å². The highest BCUT2D eigenvalue weighted by molar-refractivity contribution is 7.99. The third-order valence-corrected chi connectivity index (χ3v) is 4.42. The number of thioether (sulfide) groups is 1. The maximum atomic E-state index is 13.6. The third kappa shape index (κ3) is 5.10. The van der Waals surface area contributed by atoms with Crippen molar-refractivity contribution in [2.45, 2.75) is 5.03 Å². The molecule has 0 unspecified atom stereocenters. The van der Waals surface area contributed by atoms with E-state index >= 15 is 0 Å². The van der Waals surface area contributed by atoms with Crippen LogP contribution in [0.3, 0.4) is 0 Å². The van der Waals surface area contributed by atoms with E-state index in [4.69, 9.17) is 0 Å². The summed E-state index contributed by atoms with van der Waals surface area (Å²) in [5.41, 5.74) is -0.00189. The molecular weight excluding hydrogens is 386 g/mol. The predicted molar refractivity (Wildman–Crippen MR) is 102 cm³/mol. The summed E-state index contributed by atoms with van der Waals surface area (Å²) in [5, 5.41) is 13.1. The molecule has 2 N–H and O–H groups in total. The first-order valence-electron chi connectivity index (χ1n) is 8.10. The molecule has 1 aromatic heterocycles. The number of rotatable bonds is 6. The zero-order valence-corrected chi connectivity index (χ0v) is 15.2. The van der Waals surface area contributed by atoms with Crippen LogP contribution >= 0.6 is 11.8 Å². The molecule has 0 aliphatic rings. The van der Waals surface area contributed by atoms with E-state index < -0.39 is 23.4 Å². The minimum absolute atomic E-state index is 0.00392. The van der Waals surface area contributed by atoms with Gasteiger partial charge in [0.05, 0.1) is 17.0 Å². The van der Waals surface area contributed by atoms with Crippen molar-refractivity contribution in [1.29, 1.82) is 0 Å². The summed E-state index contributed by atoms with van der Waals surface area (Å²) < 4.78 is 27.1. The van der Waals surface area contributed by atoms with Crippen LogP contribution in [0.2, 0.25) is 0 Å². The van der Waals surface area contributed by atoms with Crippen molar-refractivity contribution in [3.63, 3.8) is 0 Å². The van der Waals surface area contributed by atoms with Crippen LogP contribution < -0.4 is 10.6 Å². The predicted octanol–water partition coefficient (Wildman–Crippen LogP) is 3.74. The summed E-state index contributed by atoms with van der Waals surface area (Å²) in [7, 11) is 0. The normalized spacial score (nSPS) is 10.4. The monoisotopic (exact) mass is 400 g/mol. The Hall–Kier alpha value is -3.33. The number of hydrogen-bond donors (Lipinski definition) is 2. The molecule has 0 saturated carbocycles. The van der Waals surface area contributed by atoms with E-state index in [1.165, 1.54) is 42.5 Å². The van der Waals surface area contributed by atoms with E-state index in [1.54, 1.807) is 18.2 Å². The van der Waals surface area contributed by atoms with Gasteiger partial charge in [-0.05, 0) is 36.4 Å². The molecule has 0 bridgehead atoms. The molecule has 3 rings (SSSR count). The van der Waals surface area contributed by atoms with Gasteiger partial charge < -0.3 is 10.6 Å². The van der Waals surface area contributed by atoms with Crippen LogP contribution in [0.5, 0.6) is 0 Å². The second-order valence-corrected chi connectivity index (χ2v) is 6.50. The van der Waals surface area contributed by atoms with Crippen molar-refractivity contribution in [3.05, 3.63) is 77.9 Å². The molecule has 3 aromatic rings. The number of nitrogens with one attached hydrogen (secondary N) is 2. The van der Waals surface area contributed by atoms with E-state index in [9.17, 15) is 18.4 Å². The summed E-state index contributed by atoms with van der Waals surface area (Å²) >= 11 is 1.10. The van der Waals surface area contributed by atoms with Crippen molar-refractivity contribution in [1.82, 2.24) is 10.2 Å². The zero-order chi connectivity index (χ0) is 19.9. The Morgan fingerprint density at radius 3 is 2.25 bits per heavy atom. The summed E-state index contributed by atoms with van der Waals surface area (Å²) in [6, 6.07) is 14.5. The van der Waals surface area contributed by atoms with Gasteiger partial charge in [0.1, 0.15) is 16.7 Å². The van der Waals surface area contributed by atoms with Crippen LogP contribution in [0.15, 0.2) is 65.7 Å². The highest BCUT2D eigenvalue weighted by Crippen LogP contribution is 2.18. The fraction of sp³-hybridized carbons (Fsp3) is 0.0526. The number of carbonyl (C=O) groups is 2. The fourth-order valence-corrected chi connectivity index (χ4v) is 2.80. The van der Waals surface area contributed by atoms with E-state index in [1.807, 2.05) is 0 Å². The third-order valence-electron chi connectivity index (χ3n) is 3.50. The SMILES string of the molecule is O=C(CSc1ccc(NC(=O)c2ccccc2F)nn1)Nc1ccccc1F. The van der Waals surface area contributed by atoms with Gasteiger partial charge in [0.15, 0.2) is 5.82 Å². The maximum Gasteiger partial charge on any atom is 0.259 e. The number of anilines is 2. The summed E-state index contributed by atoms with van der Waals surface area (Å²) in [6.07, 6.45) is 0. The Kier molecular flexibility index (Phi) is 6.28. The molecule has 9 heteroatoms. The van der Waals surface area contributed by atoms with Gasteiger partial charge in [-0.3, -0.25) is 9.59 Å². The molecule has 6 nitrogen and oxygen atoms in total. The number of para-hydroxylation sites is 1. The standard InChI is InChI=1S/C19H14F2N4O2S/c20-13-6-2-1-5-12(13)19(27)23-16-9-10-18(25-24-16)28-11-17(26)22-15-8-4-3-7-14(15)21/h1-10H,11H2,(H,22,26)(H,23,24,27). The largest absolute Gasteiger partial charge is 0.323 e. The first-order chi connectivity index (χ1) is 13.5. The van der Waals surface area contributed by atoms with Gasteiger partial charge >= 0.3 is 0 Å². The summed E-state index contributed by atoms with van der Waals surface area (Å²) in [5.74, 6) is -2.04. The Morgan fingerprint density at radius 2 is 1.57 bits per heavy atom. The number of hydrogen-bond acceptors (Lipinski definition) is 5. The number of amides is 2. The molecule has 2 aromatic carbocycles. The van der Waals surface area contributed by atoms with Gasteiger partial charge in [0, 0.05) is 0 Å². The average molecular weight is 400 g/mol. The van der Waals surface area contributed by atoms with E-state index in [0.29, 0.717) is 5.03 Å². The average Bonchev–Trinajstić information content (AvgIpc) is 2.69. The minimum Gasteiger partial charge on any atom is -0.323 e. The topological polar surface area (TPSA) is 84.0 Å². The van der Waals surface area contributed by atoms with Gasteiger partial charge in [-0.25, -0.2) is 8.78 Å². The number of halogens is 2. The lowest BCUT2D eigenvalue weighted by Crippen LogP contribution is -2.16. The van der Waals surface area contributed by atoms with Crippen molar-refractivity contribution >= 4 is 35.1 Å². The minimum atomic E-state index is -0.642. The second kappa shape index (κ2) is 9.05. The number of carbonyl (C=O) groups excluding carboxylic acids is 2. The Bertz CT molecular complexity index is 999. The van der Waals surface area contributed by atoms with Gasteiger partial charge in [-0.2, -0.15) is 0 Å². The van der Waals surface area contributed by atoms with E-state index in [2.05, 4.69) is 20.8 Å². The lowest BCUT2D eigenvalue weighted by molar-refractivity contribution is -0.113. The first kappa shape index (κ1) is 19.4. The first-order valence-corrected chi connectivity index (χ1v) is 9.08. The zero-order valence-electron chi connectivity index (χ0n) is 14.4. The van der Waals surface area contributed by atoms with Crippen LogP contribution in [0, 0.1) is 11.6 Å². The van der Waals surface area contributed by atoms with Crippen LogP contribution in [0.4, 0.5) is 20.3 Å². The van der Waals surface area contributed by atoms with Crippen LogP contribution in [-0.4, -0.2) is 27.8 Å². The molecule has 0 aliphatic heterocycles. The smallest absolute Gasteiger partial charge is 0.259 e. The highest BCUT2D eigenvalue weighted by Gasteiger charge is 2.12. The number of benzene rings is 2. The van der Waals surface area contributed by atoms with Crippen molar-refractivity contribution in [3.8, 4) is 0 Å². The van der Waals surface area contributed by atoms with Gasteiger partial charge in [0.2, 0.25) is 5.91 Å². The number of nitrogens with zero attached hydrogens (tertiary/aromatic N) is 2. The fourth-order valence-electron chi connectivity index (χ4n) is 2.18. The van der Waals surface area contributed by atoms with Crippen molar-refractivity contribution in [2.75, 3.05) is 16.4 Å².